The van der Waals surface area contributed by atoms with Gasteiger partial charge in [-0.05, 0) is 51.5 Å². The molecule has 0 saturated carbocycles. The molecule has 0 aliphatic carbocycles. The second-order valence-corrected chi connectivity index (χ2v) is 8.48. The zero-order valence-corrected chi connectivity index (χ0v) is 15.2. The maximum atomic E-state index is 6.55. The molecule has 2 aliphatic rings. The molecular weight excluding hydrogens is 284 g/mol. The summed E-state index contributed by atoms with van der Waals surface area (Å²) in [5.74, 6) is 1.42. The predicted molar refractivity (Wildman–Crippen MR) is 94.7 cm³/mol. The van der Waals surface area contributed by atoms with Gasteiger partial charge in [0.05, 0.1) is 12.7 Å². The van der Waals surface area contributed by atoms with Crippen LogP contribution in [0.15, 0.2) is 35.9 Å². The Bertz CT molecular complexity index is 598. The van der Waals surface area contributed by atoms with Crippen LogP contribution < -0.4 is 4.74 Å². The lowest BCUT2D eigenvalue weighted by atomic mass is 9.67. The number of hydrogen-bond acceptors (Lipinski definition) is 2. The van der Waals surface area contributed by atoms with Gasteiger partial charge in [0.2, 0.25) is 0 Å². The molecule has 2 heterocycles. The SMILES string of the molecule is CC(C)=CCC[C@]1(C)Oc2ccccc2[C@H]2OCC(C)(C)C[C@@H]21. The van der Waals surface area contributed by atoms with Crippen LogP contribution in [-0.2, 0) is 4.74 Å². The highest BCUT2D eigenvalue weighted by molar-refractivity contribution is 5.39. The normalized spacial score (nSPS) is 31.5. The molecule has 0 aromatic heterocycles. The van der Waals surface area contributed by atoms with Gasteiger partial charge in [0.25, 0.3) is 0 Å². The average molecular weight is 314 g/mol. The van der Waals surface area contributed by atoms with Crippen molar-refractivity contribution in [2.75, 3.05) is 6.61 Å². The molecule has 126 valence electrons. The highest BCUT2D eigenvalue weighted by Crippen LogP contribution is 2.54. The maximum absolute atomic E-state index is 6.55. The minimum absolute atomic E-state index is 0.164. The van der Waals surface area contributed by atoms with Crippen molar-refractivity contribution in [1.82, 2.24) is 0 Å². The van der Waals surface area contributed by atoms with Crippen LogP contribution in [0.1, 0.15) is 65.5 Å². The van der Waals surface area contributed by atoms with Gasteiger partial charge in [-0.25, -0.2) is 0 Å². The van der Waals surface area contributed by atoms with Gasteiger partial charge >= 0.3 is 0 Å². The van der Waals surface area contributed by atoms with Crippen LogP contribution in [0.4, 0.5) is 0 Å². The quantitative estimate of drug-likeness (QED) is 0.667. The van der Waals surface area contributed by atoms with Crippen molar-refractivity contribution < 1.29 is 9.47 Å². The molecule has 0 N–H and O–H groups in total. The third kappa shape index (κ3) is 3.33. The monoisotopic (exact) mass is 314 g/mol. The van der Waals surface area contributed by atoms with E-state index in [1.54, 1.807) is 0 Å². The molecule has 3 rings (SSSR count). The van der Waals surface area contributed by atoms with Crippen molar-refractivity contribution >= 4 is 0 Å². The summed E-state index contributed by atoms with van der Waals surface area (Å²) in [5, 5.41) is 0. The number of hydrogen-bond donors (Lipinski definition) is 0. The summed E-state index contributed by atoms with van der Waals surface area (Å²) in [6.45, 7) is 12.0. The van der Waals surface area contributed by atoms with Gasteiger partial charge in [-0.3, -0.25) is 0 Å². The predicted octanol–water partition coefficient (Wildman–Crippen LogP) is 5.69. The number of ether oxygens (including phenoxy) is 2. The first-order valence-electron chi connectivity index (χ1n) is 8.84. The molecular formula is C21H30O2. The average Bonchev–Trinajstić information content (AvgIpc) is 2.46. The third-order valence-corrected chi connectivity index (χ3v) is 5.34. The number of fused-ring (bicyclic) bond motifs is 3. The van der Waals surface area contributed by atoms with Crippen molar-refractivity contribution in [1.29, 1.82) is 0 Å². The minimum Gasteiger partial charge on any atom is -0.487 e. The highest BCUT2D eigenvalue weighted by Gasteiger charge is 2.51. The molecule has 0 amide bonds. The van der Waals surface area contributed by atoms with E-state index in [0.29, 0.717) is 5.92 Å². The lowest BCUT2D eigenvalue weighted by Crippen LogP contribution is -2.52. The largest absolute Gasteiger partial charge is 0.487 e. The van der Waals surface area contributed by atoms with E-state index in [4.69, 9.17) is 9.47 Å². The Balaban J connectivity index is 1.93. The fourth-order valence-electron chi connectivity index (χ4n) is 4.05. The Morgan fingerprint density at radius 1 is 1.22 bits per heavy atom. The number of allylic oxidation sites excluding steroid dienone is 2. The Hall–Kier alpha value is -1.28. The first kappa shape index (κ1) is 16.6. The molecule has 0 bridgehead atoms. The molecule has 23 heavy (non-hydrogen) atoms. The van der Waals surface area contributed by atoms with E-state index in [-0.39, 0.29) is 17.1 Å². The number of rotatable bonds is 3. The van der Waals surface area contributed by atoms with Gasteiger partial charge in [-0.15, -0.1) is 0 Å². The molecule has 0 radical (unpaired) electrons. The summed E-state index contributed by atoms with van der Waals surface area (Å²) in [7, 11) is 0. The third-order valence-electron chi connectivity index (χ3n) is 5.34. The van der Waals surface area contributed by atoms with Crippen LogP contribution in [0.3, 0.4) is 0 Å². The lowest BCUT2D eigenvalue weighted by Gasteiger charge is -2.52. The van der Waals surface area contributed by atoms with Crippen LogP contribution in [0.2, 0.25) is 0 Å². The Labute approximate surface area is 140 Å². The smallest absolute Gasteiger partial charge is 0.125 e. The number of para-hydroxylation sites is 1. The van der Waals surface area contributed by atoms with Crippen molar-refractivity contribution in [3.63, 3.8) is 0 Å². The molecule has 1 aromatic carbocycles. The Kier molecular flexibility index (Phi) is 4.31. The van der Waals surface area contributed by atoms with Gasteiger partial charge in [0.1, 0.15) is 11.4 Å². The molecule has 3 atom stereocenters. The van der Waals surface area contributed by atoms with E-state index in [1.807, 2.05) is 0 Å². The second-order valence-electron chi connectivity index (χ2n) is 8.48. The first-order valence-corrected chi connectivity index (χ1v) is 8.84. The molecule has 2 heteroatoms. The zero-order chi connectivity index (χ0) is 16.7. The molecule has 2 aliphatic heterocycles. The van der Waals surface area contributed by atoms with Crippen LogP contribution in [0.5, 0.6) is 5.75 Å². The van der Waals surface area contributed by atoms with E-state index in [1.165, 1.54) is 11.1 Å². The molecule has 0 unspecified atom stereocenters. The summed E-state index contributed by atoms with van der Waals surface area (Å²) >= 11 is 0. The summed E-state index contributed by atoms with van der Waals surface area (Å²) in [6.07, 6.45) is 5.73. The first-order chi connectivity index (χ1) is 10.8. The summed E-state index contributed by atoms with van der Waals surface area (Å²) in [6, 6.07) is 8.41. The van der Waals surface area contributed by atoms with E-state index in [9.17, 15) is 0 Å². The van der Waals surface area contributed by atoms with Crippen LogP contribution in [0, 0.1) is 11.3 Å². The summed E-state index contributed by atoms with van der Waals surface area (Å²) in [4.78, 5) is 0. The fourth-order valence-corrected chi connectivity index (χ4v) is 4.05. The van der Waals surface area contributed by atoms with Crippen molar-refractivity contribution in [3.05, 3.63) is 41.5 Å². The van der Waals surface area contributed by atoms with Gasteiger partial charge in [0.15, 0.2) is 0 Å². The Morgan fingerprint density at radius 2 is 1.96 bits per heavy atom. The van der Waals surface area contributed by atoms with Crippen molar-refractivity contribution in [2.45, 2.75) is 65.6 Å². The summed E-state index contributed by atoms with van der Waals surface area (Å²) < 4.78 is 12.9. The number of benzene rings is 1. The zero-order valence-electron chi connectivity index (χ0n) is 15.2. The standard InChI is InChI=1S/C21H30O2/c1-15(2)9-8-12-21(5)17-13-20(3,4)14-22-19(17)16-10-6-7-11-18(16)23-21/h6-7,9-11,17,19H,8,12-14H2,1-5H3/t17-,19+,21-/m0/s1. The van der Waals surface area contributed by atoms with E-state index in [0.717, 1.165) is 31.6 Å². The highest BCUT2D eigenvalue weighted by atomic mass is 16.5. The molecule has 1 saturated heterocycles. The molecule has 0 spiro atoms. The van der Waals surface area contributed by atoms with Crippen LogP contribution >= 0.6 is 0 Å². The lowest BCUT2D eigenvalue weighted by molar-refractivity contribution is -0.162. The van der Waals surface area contributed by atoms with E-state index in [2.05, 4.69) is 65.0 Å². The molecule has 1 fully saturated rings. The van der Waals surface area contributed by atoms with Crippen LogP contribution in [0.25, 0.3) is 0 Å². The van der Waals surface area contributed by atoms with Gasteiger partial charge in [-0.1, -0.05) is 43.7 Å². The topological polar surface area (TPSA) is 18.5 Å². The van der Waals surface area contributed by atoms with Gasteiger partial charge in [0, 0.05) is 11.5 Å². The fraction of sp³-hybridized carbons (Fsp3) is 0.619. The molecule has 2 nitrogen and oxygen atoms in total. The van der Waals surface area contributed by atoms with Crippen molar-refractivity contribution in [2.24, 2.45) is 11.3 Å². The van der Waals surface area contributed by atoms with Gasteiger partial charge in [-0.2, -0.15) is 0 Å². The van der Waals surface area contributed by atoms with E-state index < -0.39 is 0 Å². The Morgan fingerprint density at radius 3 is 2.70 bits per heavy atom. The summed E-state index contributed by atoms with van der Waals surface area (Å²) in [5.41, 5.74) is 2.66. The van der Waals surface area contributed by atoms with Crippen LogP contribution in [-0.4, -0.2) is 12.2 Å². The minimum atomic E-state index is -0.164. The van der Waals surface area contributed by atoms with Crippen molar-refractivity contribution in [3.8, 4) is 5.75 Å². The second kappa shape index (κ2) is 5.98. The molecule has 1 aromatic rings. The maximum Gasteiger partial charge on any atom is 0.125 e. The van der Waals surface area contributed by atoms with Gasteiger partial charge < -0.3 is 9.47 Å². The van der Waals surface area contributed by atoms with E-state index >= 15 is 0 Å².